The summed E-state index contributed by atoms with van der Waals surface area (Å²) in [4.78, 5) is 0.990. The van der Waals surface area contributed by atoms with Crippen LogP contribution in [-0.4, -0.2) is 0 Å². The van der Waals surface area contributed by atoms with Gasteiger partial charge in [0.05, 0.1) is 6.07 Å². The maximum Gasteiger partial charge on any atom is 0.0947 e. The van der Waals surface area contributed by atoms with Gasteiger partial charge in [0.25, 0.3) is 0 Å². The van der Waals surface area contributed by atoms with Gasteiger partial charge in [0.2, 0.25) is 0 Å². The summed E-state index contributed by atoms with van der Waals surface area (Å²) < 4.78 is 0. The smallest absolute Gasteiger partial charge is 0.0947 e. The maximum absolute atomic E-state index is 8.51. The van der Waals surface area contributed by atoms with Crippen molar-refractivity contribution >= 4 is 21.7 Å². The van der Waals surface area contributed by atoms with Crippen LogP contribution in [0.15, 0.2) is 22.6 Å². The Morgan fingerprint density at radius 1 is 1.70 bits per heavy atom. The standard InChI is InChI=1S/C7H6ClNS/c8-10-7-3-1-2-6(4-7)5-9/h3-4H,1-2H2. The normalized spacial score (nSPS) is 17.2. The molecule has 0 unspecified atom stereocenters. The molecule has 0 aromatic rings. The van der Waals surface area contributed by atoms with Gasteiger partial charge in [-0.15, -0.1) is 0 Å². The minimum absolute atomic E-state index is 0.825. The third-order valence-electron chi connectivity index (χ3n) is 1.31. The van der Waals surface area contributed by atoms with Gasteiger partial charge in [0.1, 0.15) is 0 Å². The quantitative estimate of drug-likeness (QED) is 0.606. The molecule has 0 radical (unpaired) electrons. The molecular weight excluding hydrogens is 166 g/mol. The third-order valence-corrected chi connectivity index (χ3v) is 2.31. The largest absolute Gasteiger partial charge is 0.193 e. The zero-order chi connectivity index (χ0) is 7.40. The molecule has 0 saturated heterocycles. The van der Waals surface area contributed by atoms with Crippen molar-refractivity contribution in [3.05, 3.63) is 22.6 Å². The zero-order valence-corrected chi connectivity index (χ0v) is 6.87. The van der Waals surface area contributed by atoms with E-state index in [0.29, 0.717) is 0 Å². The second kappa shape index (κ2) is 3.70. The van der Waals surface area contributed by atoms with E-state index in [-0.39, 0.29) is 0 Å². The second-order valence-corrected chi connectivity index (χ2v) is 3.09. The van der Waals surface area contributed by atoms with Gasteiger partial charge in [0, 0.05) is 10.5 Å². The lowest BCUT2D eigenvalue weighted by molar-refractivity contribution is 0.991. The highest BCUT2D eigenvalue weighted by Crippen LogP contribution is 2.27. The Balaban J connectivity index is 2.73. The summed E-state index contributed by atoms with van der Waals surface area (Å²) in [6.07, 6.45) is 5.67. The van der Waals surface area contributed by atoms with Crippen molar-refractivity contribution < 1.29 is 0 Å². The van der Waals surface area contributed by atoms with E-state index in [1.165, 1.54) is 11.0 Å². The molecule has 0 heterocycles. The van der Waals surface area contributed by atoms with Crippen LogP contribution >= 0.6 is 21.7 Å². The molecule has 1 rings (SSSR count). The molecule has 1 aliphatic rings. The Morgan fingerprint density at radius 3 is 3.10 bits per heavy atom. The SMILES string of the molecule is N#CC1=CC(SCl)=CCC1. The lowest BCUT2D eigenvalue weighted by Crippen LogP contribution is -1.85. The van der Waals surface area contributed by atoms with E-state index >= 15 is 0 Å². The highest BCUT2D eigenvalue weighted by atomic mass is 35.7. The molecule has 0 aromatic carbocycles. The van der Waals surface area contributed by atoms with E-state index in [2.05, 4.69) is 6.07 Å². The topological polar surface area (TPSA) is 23.8 Å². The minimum Gasteiger partial charge on any atom is -0.193 e. The Morgan fingerprint density at radius 2 is 2.50 bits per heavy atom. The summed E-state index contributed by atoms with van der Waals surface area (Å²) >= 11 is 0. The summed E-state index contributed by atoms with van der Waals surface area (Å²) in [5.41, 5.74) is 0.825. The molecule has 1 nitrogen and oxygen atoms in total. The van der Waals surface area contributed by atoms with Crippen molar-refractivity contribution in [3.8, 4) is 6.07 Å². The van der Waals surface area contributed by atoms with E-state index in [4.69, 9.17) is 15.9 Å². The highest BCUT2D eigenvalue weighted by Gasteiger charge is 2.03. The minimum atomic E-state index is 0.825. The monoisotopic (exact) mass is 171 g/mol. The van der Waals surface area contributed by atoms with Gasteiger partial charge >= 0.3 is 0 Å². The predicted octanol–water partition coefficient (Wildman–Crippen LogP) is 3.00. The molecule has 10 heavy (non-hydrogen) atoms. The van der Waals surface area contributed by atoms with Crippen LogP contribution in [0.25, 0.3) is 0 Å². The first-order chi connectivity index (χ1) is 4.86. The summed E-state index contributed by atoms with van der Waals surface area (Å²) in [7, 11) is 6.67. The average molecular weight is 172 g/mol. The molecular formula is C7H6ClNS. The first kappa shape index (κ1) is 7.71. The van der Waals surface area contributed by atoms with E-state index in [0.717, 1.165) is 23.3 Å². The van der Waals surface area contributed by atoms with E-state index in [9.17, 15) is 0 Å². The van der Waals surface area contributed by atoms with Crippen LogP contribution in [-0.2, 0) is 0 Å². The zero-order valence-electron chi connectivity index (χ0n) is 5.30. The molecule has 0 bridgehead atoms. The molecule has 0 fully saturated rings. The molecule has 0 amide bonds. The van der Waals surface area contributed by atoms with Crippen LogP contribution in [0.1, 0.15) is 12.8 Å². The van der Waals surface area contributed by atoms with Crippen molar-refractivity contribution in [1.82, 2.24) is 0 Å². The van der Waals surface area contributed by atoms with E-state index < -0.39 is 0 Å². The molecule has 0 atom stereocenters. The number of nitrogens with zero attached hydrogens (tertiary/aromatic N) is 1. The summed E-state index contributed by atoms with van der Waals surface area (Å²) in [5.74, 6) is 0. The Labute approximate surface area is 68.9 Å². The first-order valence-electron chi connectivity index (χ1n) is 2.96. The number of rotatable bonds is 1. The van der Waals surface area contributed by atoms with Gasteiger partial charge in [-0.2, -0.15) is 5.26 Å². The highest BCUT2D eigenvalue weighted by molar-refractivity contribution is 8.24. The predicted molar refractivity (Wildman–Crippen MR) is 44.5 cm³/mol. The van der Waals surface area contributed by atoms with Crippen LogP contribution in [0.3, 0.4) is 0 Å². The molecule has 0 aliphatic heterocycles. The second-order valence-electron chi connectivity index (χ2n) is 2.00. The van der Waals surface area contributed by atoms with Crippen LogP contribution in [0.4, 0.5) is 0 Å². The number of nitriles is 1. The fourth-order valence-electron chi connectivity index (χ4n) is 0.815. The maximum atomic E-state index is 8.51. The number of hydrogen-bond acceptors (Lipinski definition) is 2. The van der Waals surface area contributed by atoms with E-state index in [1.54, 1.807) is 0 Å². The Hall–Kier alpha value is -0.390. The van der Waals surface area contributed by atoms with Crippen molar-refractivity contribution in [2.24, 2.45) is 0 Å². The lowest BCUT2D eigenvalue weighted by Gasteiger charge is -2.03. The van der Waals surface area contributed by atoms with Gasteiger partial charge < -0.3 is 0 Å². The van der Waals surface area contributed by atoms with Crippen molar-refractivity contribution in [2.45, 2.75) is 12.8 Å². The van der Waals surface area contributed by atoms with E-state index in [1.807, 2.05) is 12.2 Å². The molecule has 0 N–H and O–H groups in total. The summed E-state index contributed by atoms with van der Waals surface area (Å²) in [5, 5.41) is 8.51. The van der Waals surface area contributed by atoms with Crippen LogP contribution in [0.5, 0.6) is 0 Å². The number of hydrogen-bond donors (Lipinski definition) is 0. The molecule has 0 aromatic heterocycles. The molecule has 0 spiro atoms. The fraction of sp³-hybridized carbons (Fsp3) is 0.286. The van der Waals surface area contributed by atoms with Crippen LogP contribution in [0, 0.1) is 11.3 Å². The van der Waals surface area contributed by atoms with Crippen LogP contribution < -0.4 is 0 Å². The summed E-state index contributed by atoms with van der Waals surface area (Å²) in [6, 6.07) is 2.12. The number of halogens is 1. The van der Waals surface area contributed by atoms with Gasteiger partial charge in [-0.3, -0.25) is 0 Å². The van der Waals surface area contributed by atoms with Crippen LogP contribution in [0.2, 0.25) is 0 Å². The van der Waals surface area contributed by atoms with Crippen molar-refractivity contribution in [1.29, 1.82) is 5.26 Å². The van der Waals surface area contributed by atoms with Gasteiger partial charge in [-0.1, -0.05) is 6.08 Å². The molecule has 3 heteroatoms. The Kier molecular flexibility index (Phi) is 2.85. The first-order valence-corrected chi connectivity index (χ1v) is 4.60. The fourth-order valence-corrected chi connectivity index (χ4v) is 1.50. The van der Waals surface area contributed by atoms with Crippen molar-refractivity contribution in [3.63, 3.8) is 0 Å². The average Bonchev–Trinajstić information content (AvgIpc) is 2.05. The Bertz CT molecular complexity index is 224. The van der Waals surface area contributed by atoms with Gasteiger partial charge in [0.15, 0.2) is 0 Å². The number of allylic oxidation sites excluding steroid dienone is 3. The molecule has 1 aliphatic carbocycles. The molecule has 52 valence electrons. The van der Waals surface area contributed by atoms with Crippen molar-refractivity contribution in [2.75, 3.05) is 0 Å². The molecule has 0 saturated carbocycles. The summed E-state index contributed by atoms with van der Waals surface area (Å²) in [6.45, 7) is 0. The lowest BCUT2D eigenvalue weighted by atomic mass is 10.1. The third kappa shape index (κ3) is 1.80. The van der Waals surface area contributed by atoms with Gasteiger partial charge in [-0.05, 0) is 40.6 Å². The van der Waals surface area contributed by atoms with Gasteiger partial charge in [-0.25, -0.2) is 0 Å².